The molecule has 0 spiro atoms. The lowest BCUT2D eigenvalue weighted by Crippen LogP contribution is -2.10. The second-order valence-electron chi connectivity index (χ2n) is 7.28. The maximum Gasteiger partial charge on any atom is 0.387 e. The van der Waals surface area contributed by atoms with Crippen molar-refractivity contribution >= 4 is 11.0 Å². The largest absolute Gasteiger partial charge is 0.481 e. The number of rotatable bonds is 5. The minimum absolute atomic E-state index is 0.138. The summed E-state index contributed by atoms with van der Waals surface area (Å²) >= 11 is 0. The number of fused-ring (bicyclic) bond motifs is 3. The molecule has 0 saturated heterocycles. The van der Waals surface area contributed by atoms with Gasteiger partial charge in [0.2, 0.25) is 5.88 Å². The topological polar surface area (TPSA) is 49.2 Å². The molecule has 1 aliphatic rings. The minimum atomic E-state index is -2.91. The number of halogens is 3. The van der Waals surface area contributed by atoms with E-state index in [2.05, 4.69) is 9.97 Å². The first-order valence-corrected chi connectivity index (χ1v) is 9.79. The number of aromatic nitrogens is 3. The maximum atomic E-state index is 14.9. The van der Waals surface area contributed by atoms with Crippen LogP contribution in [0.15, 0.2) is 54.7 Å². The van der Waals surface area contributed by atoms with Crippen LogP contribution in [0.3, 0.4) is 0 Å². The first-order chi connectivity index (χ1) is 15.0. The van der Waals surface area contributed by atoms with Gasteiger partial charge in [0.15, 0.2) is 0 Å². The molecule has 2 aromatic heterocycles. The predicted molar refractivity (Wildman–Crippen MR) is 109 cm³/mol. The van der Waals surface area contributed by atoms with E-state index in [-0.39, 0.29) is 11.8 Å². The number of imidazole rings is 1. The fourth-order valence-corrected chi connectivity index (χ4v) is 4.22. The number of aryl methyl sites for hydroxylation is 1. The molecule has 1 aliphatic heterocycles. The van der Waals surface area contributed by atoms with Gasteiger partial charge in [0, 0.05) is 41.4 Å². The van der Waals surface area contributed by atoms with Crippen LogP contribution in [0.2, 0.25) is 0 Å². The van der Waals surface area contributed by atoms with Crippen LogP contribution >= 0.6 is 0 Å². The Bertz CT molecular complexity index is 1260. The molecule has 0 radical (unpaired) electrons. The van der Waals surface area contributed by atoms with E-state index in [0.717, 1.165) is 11.3 Å². The van der Waals surface area contributed by atoms with E-state index in [9.17, 15) is 13.2 Å². The van der Waals surface area contributed by atoms with Crippen LogP contribution < -0.4 is 9.47 Å². The quantitative estimate of drug-likeness (QED) is 0.431. The first kappa shape index (κ1) is 19.4. The van der Waals surface area contributed by atoms with Crippen LogP contribution in [-0.4, -0.2) is 28.3 Å². The summed E-state index contributed by atoms with van der Waals surface area (Å²) in [4.78, 5) is 8.74. The van der Waals surface area contributed by atoms with Crippen molar-refractivity contribution in [1.29, 1.82) is 0 Å². The maximum absolute atomic E-state index is 14.9. The molecule has 0 aliphatic carbocycles. The molecule has 5 rings (SSSR count). The molecular weight excluding hydrogens is 407 g/mol. The molecule has 0 fully saturated rings. The van der Waals surface area contributed by atoms with Gasteiger partial charge in [0.25, 0.3) is 0 Å². The molecule has 0 bridgehead atoms. The average Bonchev–Trinajstić information content (AvgIpc) is 3.32. The van der Waals surface area contributed by atoms with Gasteiger partial charge in [-0.25, -0.2) is 14.4 Å². The number of ether oxygens (including phenoxy) is 2. The summed E-state index contributed by atoms with van der Waals surface area (Å²) in [5.74, 6) is 0.954. The molecule has 0 unspecified atom stereocenters. The smallest absolute Gasteiger partial charge is 0.387 e. The summed E-state index contributed by atoms with van der Waals surface area (Å²) in [6, 6.07) is 13.1. The fourth-order valence-electron chi connectivity index (χ4n) is 4.22. The Labute approximate surface area is 176 Å². The van der Waals surface area contributed by atoms with Crippen molar-refractivity contribution in [2.45, 2.75) is 25.5 Å². The van der Waals surface area contributed by atoms with Crippen LogP contribution in [0.5, 0.6) is 11.6 Å². The number of pyridine rings is 1. The number of benzene rings is 2. The van der Waals surface area contributed by atoms with E-state index in [1.807, 2.05) is 4.57 Å². The molecule has 8 heteroatoms. The van der Waals surface area contributed by atoms with Crippen molar-refractivity contribution < 1.29 is 22.6 Å². The van der Waals surface area contributed by atoms with Crippen molar-refractivity contribution in [2.24, 2.45) is 0 Å². The molecule has 4 aromatic rings. The third kappa shape index (κ3) is 3.37. The first-order valence-electron chi connectivity index (χ1n) is 9.79. The lowest BCUT2D eigenvalue weighted by atomic mass is 10.0. The molecule has 31 heavy (non-hydrogen) atoms. The number of alkyl halides is 2. The van der Waals surface area contributed by atoms with E-state index in [4.69, 9.17) is 9.47 Å². The van der Waals surface area contributed by atoms with Crippen LogP contribution in [0.25, 0.3) is 22.2 Å². The lowest BCUT2D eigenvalue weighted by Gasteiger charge is -2.19. The Morgan fingerprint density at radius 2 is 1.97 bits per heavy atom. The van der Waals surface area contributed by atoms with E-state index in [1.54, 1.807) is 42.6 Å². The number of para-hydroxylation sites is 1. The molecular formula is C23H18F3N3O2. The summed E-state index contributed by atoms with van der Waals surface area (Å²) in [6.45, 7) is -2.91. The summed E-state index contributed by atoms with van der Waals surface area (Å²) in [6.07, 6.45) is 2.90. The molecule has 0 amide bonds. The van der Waals surface area contributed by atoms with Crippen molar-refractivity contribution in [3.05, 3.63) is 71.9 Å². The Kier molecular flexibility index (Phi) is 4.77. The Morgan fingerprint density at radius 3 is 2.71 bits per heavy atom. The highest BCUT2D eigenvalue weighted by Gasteiger charge is 2.30. The van der Waals surface area contributed by atoms with Gasteiger partial charge >= 0.3 is 6.61 Å². The van der Waals surface area contributed by atoms with Gasteiger partial charge in [-0.05, 0) is 24.6 Å². The van der Waals surface area contributed by atoms with Crippen molar-refractivity contribution in [3.63, 3.8) is 0 Å². The van der Waals surface area contributed by atoms with E-state index in [0.29, 0.717) is 40.9 Å². The van der Waals surface area contributed by atoms with Gasteiger partial charge < -0.3 is 14.0 Å². The van der Waals surface area contributed by atoms with E-state index >= 15 is 0 Å². The van der Waals surface area contributed by atoms with E-state index in [1.165, 1.54) is 19.2 Å². The monoisotopic (exact) mass is 425 g/mol. The zero-order valence-electron chi connectivity index (χ0n) is 16.6. The molecule has 0 saturated carbocycles. The Morgan fingerprint density at radius 1 is 1.13 bits per heavy atom. The Hall–Kier alpha value is -3.55. The van der Waals surface area contributed by atoms with Crippen molar-refractivity contribution in [3.8, 4) is 22.8 Å². The molecule has 158 valence electrons. The lowest BCUT2D eigenvalue weighted by molar-refractivity contribution is -0.0506. The molecule has 5 nitrogen and oxygen atoms in total. The summed E-state index contributed by atoms with van der Waals surface area (Å²) in [5, 5.41) is 0. The van der Waals surface area contributed by atoms with Crippen LogP contribution in [0, 0.1) is 5.82 Å². The number of methoxy groups -OCH3 is 1. The second kappa shape index (κ2) is 7.61. The standard InChI is InChI=1S/C23H18F3N3O2/c1-30-22-9-6-13(12-27-22)15-10-19-17(11-16(15)24)28-21-8-7-18(29(19)21)14-4-2-3-5-20(14)31-23(25)26/h2-6,9-12,18,23H,7-8H2,1H3/t18-/m1/s1. The van der Waals surface area contributed by atoms with Gasteiger partial charge in [-0.15, -0.1) is 0 Å². The van der Waals surface area contributed by atoms with Crippen LogP contribution in [0.4, 0.5) is 13.2 Å². The summed E-state index contributed by atoms with van der Waals surface area (Å²) in [5.41, 5.74) is 2.89. The fraction of sp³-hybridized carbons (Fsp3) is 0.217. The third-order valence-electron chi connectivity index (χ3n) is 5.55. The number of hydrogen-bond donors (Lipinski definition) is 0. The predicted octanol–water partition coefficient (Wildman–Crippen LogP) is 5.38. The van der Waals surface area contributed by atoms with Gasteiger partial charge in [-0.1, -0.05) is 18.2 Å². The van der Waals surface area contributed by atoms with Gasteiger partial charge in [-0.3, -0.25) is 0 Å². The molecule has 1 atom stereocenters. The molecule has 3 heterocycles. The third-order valence-corrected chi connectivity index (χ3v) is 5.55. The molecule has 0 N–H and O–H groups in total. The average molecular weight is 425 g/mol. The highest BCUT2D eigenvalue weighted by atomic mass is 19.3. The van der Waals surface area contributed by atoms with Crippen LogP contribution in [-0.2, 0) is 6.42 Å². The highest BCUT2D eigenvalue weighted by Crippen LogP contribution is 2.40. The summed E-state index contributed by atoms with van der Waals surface area (Å²) in [7, 11) is 1.51. The number of nitrogens with zero attached hydrogens (tertiary/aromatic N) is 3. The zero-order chi connectivity index (χ0) is 21.5. The Balaban J connectivity index is 1.63. The minimum Gasteiger partial charge on any atom is -0.481 e. The van der Waals surface area contributed by atoms with Gasteiger partial charge in [0.1, 0.15) is 17.4 Å². The van der Waals surface area contributed by atoms with Crippen molar-refractivity contribution in [2.75, 3.05) is 7.11 Å². The molecule has 2 aromatic carbocycles. The summed E-state index contributed by atoms with van der Waals surface area (Å²) < 4.78 is 52.5. The van der Waals surface area contributed by atoms with Crippen LogP contribution in [0.1, 0.15) is 23.9 Å². The SMILES string of the molecule is COc1ccc(-c2cc3c(cc2F)nc2n3[C@@H](c3ccccc3OC(F)F)CC2)cn1. The zero-order valence-corrected chi connectivity index (χ0v) is 16.6. The van der Waals surface area contributed by atoms with E-state index < -0.39 is 12.4 Å². The van der Waals surface area contributed by atoms with Gasteiger partial charge in [-0.2, -0.15) is 8.78 Å². The van der Waals surface area contributed by atoms with Gasteiger partial charge in [0.05, 0.1) is 24.2 Å². The highest BCUT2D eigenvalue weighted by molar-refractivity contribution is 5.83. The normalized spacial score (nSPS) is 15.5. The van der Waals surface area contributed by atoms with Crippen molar-refractivity contribution in [1.82, 2.24) is 14.5 Å². The second-order valence-corrected chi connectivity index (χ2v) is 7.28. The number of hydrogen-bond acceptors (Lipinski definition) is 4.